The van der Waals surface area contributed by atoms with Crippen LogP contribution in [0.3, 0.4) is 0 Å². The summed E-state index contributed by atoms with van der Waals surface area (Å²) < 4.78 is 0. The molecular weight excluding hydrogens is 204 g/mol. The molecule has 3 heteroatoms. The Morgan fingerprint density at radius 1 is 0.812 bits per heavy atom. The van der Waals surface area contributed by atoms with Crippen molar-refractivity contribution in [3.63, 3.8) is 0 Å². The van der Waals surface area contributed by atoms with Crippen molar-refractivity contribution in [3.8, 4) is 28.4 Å². The molecule has 0 saturated carbocycles. The lowest BCUT2D eigenvalue weighted by Crippen LogP contribution is -1.84. The Labute approximate surface area is 93.2 Å². The molecule has 16 heavy (non-hydrogen) atoms. The van der Waals surface area contributed by atoms with Crippen molar-refractivity contribution < 1.29 is 15.3 Å². The Balaban J connectivity index is 2.60. The van der Waals surface area contributed by atoms with Gasteiger partial charge in [0.15, 0.2) is 0 Å². The first kappa shape index (κ1) is 10.4. The zero-order valence-electron chi connectivity index (χ0n) is 8.81. The van der Waals surface area contributed by atoms with Gasteiger partial charge in [-0.1, -0.05) is 12.1 Å². The lowest BCUT2D eigenvalue weighted by molar-refractivity contribution is 0.451. The van der Waals surface area contributed by atoms with Crippen LogP contribution in [-0.4, -0.2) is 15.3 Å². The molecule has 0 aromatic heterocycles. The highest BCUT2D eigenvalue weighted by Crippen LogP contribution is 2.35. The summed E-state index contributed by atoms with van der Waals surface area (Å²) in [6.07, 6.45) is 0. The highest BCUT2D eigenvalue weighted by atomic mass is 16.3. The van der Waals surface area contributed by atoms with Gasteiger partial charge in [0.25, 0.3) is 0 Å². The van der Waals surface area contributed by atoms with Gasteiger partial charge in [-0.05, 0) is 36.2 Å². The molecule has 2 aromatic rings. The largest absolute Gasteiger partial charge is 0.508 e. The van der Waals surface area contributed by atoms with Crippen molar-refractivity contribution >= 4 is 0 Å². The molecule has 2 rings (SSSR count). The minimum absolute atomic E-state index is 0.0307. The summed E-state index contributed by atoms with van der Waals surface area (Å²) in [5, 5.41) is 28.3. The molecule has 0 aliphatic rings. The minimum Gasteiger partial charge on any atom is -0.508 e. The SMILES string of the molecule is Cc1cc(O)cc(O)c1-c1ccc(O)cc1. The number of benzene rings is 2. The summed E-state index contributed by atoms with van der Waals surface area (Å²) in [6, 6.07) is 9.43. The summed E-state index contributed by atoms with van der Waals surface area (Å²) in [7, 11) is 0. The molecule has 0 amide bonds. The first-order chi connectivity index (χ1) is 7.58. The van der Waals surface area contributed by atoms with Gasteiger partial charge in [-0.2, -0.15) is 0 Å². The van der Waals surface area contributed by atoms with Crippen LogP contribution in [0.2, 0.25) is 0 Å². The van der Waals surface area contributed by atoms with Crippen molar-refractivity contribution in [1.29, 1.82) is 0 Å². The van der Waals surface area contributed by atoms with E-state index in [0.29, 0.717) is 5.56 Å². The molecule has 0 aliphatic carbocycles. The third kappa shape index (κ3) is 1.80. The third-order valence-corrected chi connectivity index (χ3v) is 2.46. The molecule has 3 nitrogen and oxygen atoms in total. The fourth-order valence-electron chi connectivity index (χ4n) is 1.75. The van der Waals surface area contributed by atoms with Crippen LogP contribution in [0.4, 0.5) is 0 Å². The number of hydrogen-bond acceptors (Lipinski definition) is 3. The summed E-state index contributed by atoms with van der Waals surface area (Å²) in [5.74, 6) is 0.250. The number of hydrogen-bond donors (Lipinski definition) is 3. The van der Waals surface area contributed by atoms with Gasteiger partial charge in [0.1, 0.15) is 17.2 Å². The molecule has 2 aromatic carbocycles. The summed E-state index contributed by atoms with van der Waals surface area (Å²) in [4.78, 5) is 0. The quantitative estimate of drug-likeness (QED) is 0.686. The maximum Gasteiger partial charge on any atom is 0.127 e. The third-order valence-electron chi connectivity index (χ3n) is 2.46. The Hall–Kier alpha value is -2.16. The second kappa shape index (κ2) is 3.77. The standard InChI is InChI=1S/C13H12O3/c1-8-6-11(15)7-12(16)13(8)9-2-4-10(14)5-3-9/h2-7,14-16H,1H3. The zero-order chi connectivity index (χ0) is 11.7. The summed E-state index contributed by atoms with van der Waals surface area (Å²) in [6.45, 7) is 1.81. The van der Waals surface area contributed by atoms with Crippen LogP contribution in [0, 0.1) is 6.92 Å². The topological polar surface area (TPSA) is 60.7 Å². The molecule has 0 aliphatic heterocycles. The van der Waals surface area contributed by atoms with Gasteiger partial charge in [-0.3, -0.25) is 0 Å². The van der Waals surface area contributed by atoms with Crippen molar-refractivity contribution in [3.05, 3.63) is 42.0 Å². The summed E-state index contributed by atoms with van der Waals surface area (Å²) in [5.41, 5.74) is 2.24. The second-order valence-electron chi connectivity index (χ2n) is 3.70. The number of aromatic hydroxyl groups is 3. The minimum atomic E-state index is 0.0307. The Kier molecular flexibility index (Phi) is 2.44. The average molecular weight is 216 g/mol. The van der Waals surface area contributed by atoms with Gasteiger partial charge in [-0.15, -0.1) is 0 Å². The van der Waals surface area contributed by atoms with Gasteiger partial charge < -0.3 is 15.3 Å². The van der Waals surface area contributed by atoms with Gasteiger partial charge in [-0.25, -0.2) is 0 Å². The number of phenolic OH excluding ortho intramolecular Hbond substituents is 3. The molecule has 0 spiro atoms. The zero-order valence-corrected chi connectivity index (χ0v) is 8.81. The molecule has 0 saturated heterocycles. The summed E-state index contributed by atoms with van der Waals surface area (Å²) >= 11 is 0. The number of aryl methyl sites for hydroxylation is 1. The van der Waals surface area contributed by atoms with E-state index in [1.54, 1.807) is 30.3 Å². The van der Waals surface area contributed by atoms with E-state index >= 15 is 0 Å². The number of rotatable bonds is 1. The van der Waals surface area contributed by atoms with Crippen molar-refractivity contribution in [1.82, 2.24) is 0 Å². The molecular formula is C13H12O3. The second-order valence-corrected chi connectivity index (χ2v) is 3.70. The molecule has 0 radical (unpaired) electrons. The van der Waals surface area contributed by atoms with Crippen molar-refractivity contribution in [2.75, 3.05) is 0 Å². The van der Waals surface area contributed by atoms with Crippen LogP contribution in [0.5, 0.6) is 17.2 Å². The first-order valence-electron chi connectivity index (χ1n) is 4.90. The maximum absolute atomic E-state index is 9.77. The molecule has 82 valence electrons. The van der Waals surface area contributed by atoms with Crippen LogP contribution in [-0.2, 0) is 0 Å². The average Bonchev–Trinajstić information content (AvgIpc) is 2.19. The van der Waals surface area contributed by atoms with Crippen LogP contribution in [0.15, 0.2) is 36.4 Å². The normalized spacial score (nSPS) is 10.3. The van der Waals surface area contributed by atoms with E-state index in [2.05, 4.69) is 0 Å². The van der Waals surface area contributed by atoms with E-state index in [4.69, 9.17) is 0 Å². The van der Waals surface area contributed by atoms with Crippen molar-refractivity contribution in [2.24, 2.45) is 0 Å². The van der Waals surface area contributed by atoms with Crippen LogP contribution < -0.4 is 0 Å². The smallest absolute Gasteiger partial charge is 0.127 e. The number of phenols is 3. The molecule has 0 heterocycles. The molecule has 0 bridgehead atoms. The Morgan fingerprint density at radius 3 is 2.00 bits per heavy atom. The van der Waals surface area contributed by atoms with E-state index in [0.717, 1.165) is 11.1 Å². The fourth-order valence-corrected chi connectivity index (χ4v) is 1.75. The van der Waals surface area contributed by atoms with Gasteiger partial charge in [0, 0.05) is 11.6 Å². The highest BCUT2D eigenvalue weighted by molar-refractivity contribution is 5.74. The predicted molar refractivity (Wildman–Crippen MR) is 61.6 cm³/mol. The fraction of sp³-hybridized carbons (Fsp3) is 0.0769. The first-order valence-corrected chi connectivity index (χ1v) is 4.90. The van der Waals surface area contributed by atoms with Gasteiger partial charge in [0.2, 0.25) is 0 Å². The van der Waals surface area contributed by atoms with E-state index in [-0.39, 0.29) is 17.2 Å². The van der Waals surface area contributed by atoms with Crippen molar-refractivity contribution in [2.45, 2.75) is 6.92 Å². The van der Waals surface area contributed by atoms with E-state index in [9.17, 15) is 15.3 Å². The highest BCUT2D eigenvalue weighted by Gasteiger charge is 2.09. The predicted octanol–water partition coefficient (Wildman–Crippen LogP) is 2.78. The van der Waals surface area contributed by atoms with Gasteiger partial charge in [0.05, 0.1) is 0 Å². The van der Waals surface area contributed by atoms with E-state index in [1.807, 2.05) is 6.92 Å². The van der Waals surface area contributed by atoms with Crippen LogP contribution in [0.25, 0.3) is 11.1 Å². The maximum atomic E-state index is 9.77. The van der Waals surface area contributed by atoms with E-state index in [1.165, 1.54) is 6.07 Å². The van der Waals surface area contributed by atoms with Crippen LogP contribution in [0.1, 0.15) is 5.56 Å². The molecule has 0 fully saturated rings. The van der Waals surface area contributed by atoms with Gasteiger partial charge >= 0.3 is 0 Å². The Morgan fingerprint density at radius 2 is 1.44 bits per heavy atom. The monoisotopic (exact) mass is 216 g/mol. The molecule has 0 unspecified atom stereocenters. The lowest BCUT2D eigenvalue weighted by Gasteiger charge is -2.09. The Bertz CT molecular complexity index is 492. The lowest BCUT2D eigenvalue weighted by atomic mass is 9.99. The molecule has 0 atom stereocenters. The molecule has 3 N–H and O–H groups in total. The van der Waals surface area contributed by atoms with Crippen LogP contribution >= 0.6 is 0 Å². The van der Waals surface area contributed by atoms with E-state index < -0.39 is 0 Å².